The fraction of sp³-hybridized carbons (Fsp3) is 0.667. The van der Waals surface area contributed by atoms with E-state index in [2.05, 4.69) is 29.4 Å². The Hall–Kier alpha value is -0.930. The Kier molecular flexibility index (Phi) is 3.62. The first-order valence-corrected chi connectivity index (χ1v) is 7.15. The Labute approximate surface area is 109 Å². The number of nitrogens with zero attached hydrogens (tertiary/aromatic N) is 1. The van der Waals surface area contributed by atoms with Crippen molar-refractivity contribution in [1.29, 1.82) is 0 Å². The van der Waals surface area contributed by atoms with E-state index < -0.39 is 0 Å². The van der Waals surface area contributed by atoms with Gasteiger partial charge in [0.2, 0.25) is 0 Å². The summed E-state index contributed by atoms with van der Waals surface area (Å²) in [5.74, 6) is 1.23. The molecule has 98 valence electrons. The number of hydrogen-bond acceptors (Lipinski definition) is 3. The molecule has 3 rings (SSSR count). The fourth-order valence-corrected chi connectivity index (χ4v) is 3.50. The molecule has 0 spiro atoms. The van der Waals surface area contributed by atoms with Crippen LogP contribution in [0.2, 0.25) is 0 Å². The van der Waals surface area contributed by atoms with E-state index in [0.717, 1.165) is 19.8 Å². The standard InChI is InChI=1S/C15H22N2O/c1-2-16-15(12-7-9-18-10-12)13-6-5-11-4-3-8-17-14(11)13/h3-4,8,12-13,15-16H,2,5-7,9-10H2,1H3. The topological polar surface area (TPSA) is 34.1 Å². The van der Waals surface area contributed by atoms with Gasteiger partial charge >= 0.3 is 0 Å². The van der Waals surface area contributed by atoms with Gasteiger partial charge in [0.15, 0.2) is 0 Å². The van der Waals surface area contributed by atoms with Crippen LogP contribution in [0.25, 0.3) is 0 Å². The van der Waals surface area contributed by atoms with Crippen LogP contribution >= 0.6 is 0 Å². The lowest BCUT2D eigenvalue weighted by Crippen LogP contribution is -2.41. The van der Waals surface area contributed by atoms with E-state index >= 15 is 0 Å². The summed E-state index contributed by atoms with van der Waals surface area (Å²) in [6, 6.07) is 4.83. The summed E-state index contributed by atoms with van der Waals surface area (Å²) < 4.78 is 5.57. The zero-order valence-electron chi connectivity index (χ0n) is 11.1. The van der Waals surface area contributed by atoms with E-state index in [9.17, 15) is 0 Å². The van der Waals surface area contributed by atoms with Crippen LogP contribution in [0.4, 0.5) is 0 Å². The van der Waals surface area contributed by atoms with Gasteiger partial charge < -0.3 is 10.1 Å². The van der Waals surface area contributed by atoms with Gasteiger partial charge in [-0.25, -0.2) is 0 Å². The van der Waals surface area contributed by atoms with Gasteiger partial charge in [-0.3, -0.25) is 4.98 Å². The van der Waals surface area contributed by atoms with Gasteiger partial charge in [-0.05, 0) is 37.4 Å². The number of aryl methyl sites for hydroxylation is 1. The lowest BCUT2D eigenvalue weighted by molar-refractivity contribution is 0.172. The molecule has 1 N–H and O–H groups in total. The zero-order chi connectivity index (χ0) is 12.4. The summed E-state index contributed by atoms with van der Waals surface area (Å²) in [6.45, 7) is 5.06. The van der Waals surface area contributed by atoms with Crippen LogP contribution in [0.3, 0.4) is 0 Å². The molecule has 1 aliphatic carbocycles. The molecule has 1 saturated heterocycles. The number of likely N-dealkylation sites (N-methyl/N-ethyl adjacent to an activating group) is 1. The molecule has 2 heterocycles. The predicted molar refractivity (Wildman–Crippen MR) is 71.7 cm³/mol. The molecular formula is C15H22N2O. The maximum atomic E-state index is 5.57. The molecular weight excluding hydrogens is 224 g/mol. The van der Waals surface area contributed by atoms with Crippen molar-refractivity contribution in [2.24, 2.45) is 5.92 Å². The number of ether oxygens (including phenoxy) is 1. The molecule has 0 bridgehead atoms. The minimum atomic E-state index is 0.536. The quantitative estimate of drug-likeness (QED) is 0.883. The van der Waals surface area contributed by atoms with E-state index in [0.29, 0.717) is 17.9 Å². The summed E-state index contributed by atoms with van der Waals surface area (Å²) in [6.07, 6.45) is 5.55. The molecule has 1 aliphatic heterocycles. The molecule has 0 amide bonds. The van der Waals surface area contributed by atoms with Crippen LogP contribution in [0.5, 0.6) is 0 Å². The highest BCUT2D eigenvalue weighted by molar-refractivity contribution is 5.30. The highest BCUT2D eigenvalue weighted by Crippen LogP contribution is 2.37. The number of hydrogen-bond donors (Lipinski definition) is 1. The summed E-state index contributed by atoms with van der Waals surface area (Å²) in [7, 11) is 0. The summed E-state index contributed by atoms with van der Waals surface area (Å²) in [4.78, 5) is 4.63. The summed E-state index contributed by atoms with van der Waals surface area (Å²) in [5.41, 5.74) is 2.78. The lowest BCUT2D eigenvalue weighted by Gasteiger charge is -2.29. The van der Waals surface area contributed by atoms with E-state index in [1.807, 2.05) is 6.20 Å². The van der Waals surface area contributed by atoms with Crippen molar-refractivity contribution in [3.05, 3.63) is 29.6 Å². The fourth-order valence-electron chi connectivity index (χ4n) is 3.50. The molecule has 1 fully saturated rings. The molecule has 3 heteroatoms. The molecule has 3 atom stereocenters. The van der Waals surface area contributed by atoms with Gasteiger partial charge in [-0.2, -0.15) is 0 Å². The van der Waals surface area contributed by atoms with Crippen molar-refractivity contribution in [3.63, 3.8) is 0 Å². The first-order valence-electron chi connectivity index (χ1n) is 7.15. The van der Waals surface area contributed by atoms with Crippen LogP contribution in [0.15, 0.2) is 18.3 Å². The maximum Gasteiger partial charge on any atom is 0.0510 e. The lowest BCUT2D eigenvalue weighted by atomic mass is 9.86. The van der Waals surface area contributed by atoms with E-state index in [-0.39, 0.29) is 0 Å². The first-order chi connectivity index (χ1) is 8.90. The third-order valence-electron chi connectivity index (χ3n) is 4.35. The van der Waals surface area contributed by atoms with Crippen molar-refractivity contribution < 1.29 is 4.74 Å². The second-order valence-corrected chi connectivity index (χ2v) is 5.40. The Balaban J connectivity index is 1.83. The van der Waals surface area contributed by atoms with E-state index in [1.165, 1.54) is 30.5 Å². The molecule has 0 aromatic carbocycles. The van der Waals surface area contributed by atoms with Crippen molar-refractivity contribution in [2.75, 3.05) is 19.8 Å². The Morgan fingerprint density at radius 2 is 2.44 bits per heavy atom. The Morgan fingerprint density at radius 3 is 3.22 bits per heavy atom. The van der Waals surface area contributed by atoms with Crippen LogP contribution in [-0.2, 0) is 11.2 Å². The Morgan fingerprint density at radius 1 is 1.50 bits per heavy atom. The van der Waals surface area contributed by atoms with Gasteiger partial charge in [-0.1, -0.05) is 13.0 Å². The van der Waals surface area contributed by atoms with Crippen molar-refractivity contribution >= 4 is 0 Å². The smallest absolute Gasteiger partial charge is 0.0510 e. The van der Waals surface area contributed by atoms with Crippen LogP contribution in [0.1, 0.15) is 36.9 Å². The van der Waals surface area contributed by atoms with Gasteiger partial charge in [0.25, 0.3) is 0 Å². The van der Waals surface area contributed by atoms with Crippen molar-refractivity contribution in [3.8, 4) is 0 Å². The van der Waals surface area contributed by atoms with Gasteiger partial charge in [0.1, 0.15) is 0 Å². The highest BCUT2D eigenvalue weighted by atomic mass is 16.5. The van der Waals surface area contributed by atoms with Crippen molar-refractivity contribution in [1.82, 2.24) is 10.3 Å². The number of pyridine rings is 1. The average molecular weight is 246 g/mol. The molecule has 3 unspecified atom stereocenters. The SMILES string of the molecule is CCNC(C1CCOC1)C1CCc2cccnc21. The third kappa shape index (κ3) is 2.17. The minimum Gasteiger partial charge on any atom is -0.381 e. The molecule has 2 aliphatic rings. The molecule has 0 radical (unpaired) electrons. The first kappa shape index (κ1) is 12.1. The highest BCUT2D eigenvalue weighted by Gasteiger charge is 2.36. The van der Waals surface area contributed by atoms with E-state index in [4.69, 9.17) is 4.74 Å². The minimum absolute atomic E-state index is 0.536. The Bertz CT molecular complexity index is 401. The molecule has 0 saturated carbocycles. The van der Waals surface area contributed by atoms with Gasteiger partial charge in [0.05, 0.1) is 6.61 Å². The zero-order valence-corrected chi connectivity index (χ0v) is 11.1. The van der Waals surface area contributed by atoms with Crippen LogP contribution in [0, 0.1) is 5.92 Å². The van der Waals surface area contributed by atoms with Gasteiger partial charge in [0, 0.05) is 36.4 Å². The summed E-state index contributed by atoms with van der Waals surface area (Å²) in [5, 5.41) is 3.69. The number of aromatic nitrogens is 1. The molecule has 1 aromatic heterocycles. The van der Waals surface area contributed by atoms with Gasteiger partial charge in [-0.15, -0.1) is 0 Å². The summed E-state index contributed by atoms with van der Waals surface area (Å²) >= 11 is 0. The second kappa shape index (κ2) is 5.37. The predicted octanol–water partition coefficient (Wildman–Crippen LogP) is 2.13. The molecule has 1 aromatic rings. The normalized spacial score (nSPS) is 28.3. The maximum absolute atomic E-state index is 5.57. The largest absolute Gasteiger partial charge is 0.381 e. The van der Waals surface area contributed by atoms with E-state index in [1.54, 1.807) is 0 Å². The average Bonchev–Trinajstić information content (AvgIpc) is 3.06. The molecule has 3 nitrogen and oxygen atoms in total. The second-order valence-electron chi connectivity index (χ2n) is 5.40. The van der Waals surface area contributed by atoms with Crippen molar-refractivity contribution in [2.45, 2.75) is 38.1 Å². The molecule has 18 heavy (non-hydrogen) atoms. The number of nitrogens with one attached hydrogen (secondary N) is 1. The number of fused-ring (bicyclic) bond motifs is 1. The number of rotatable bonds is 4. The van der Waals surface area contributed by atoms with Crippen LogP contribution < -0.4 is 5.32 Å². The van der Waals surface area contributed by atoms with Crippen LogP contribution in [-0.4, -0.2) is 30.8 Å². The monoisotopic (exact) mass is 246 g/mol. The third-order valence-corrected chi connectivity index (χ3v) is 4.35.